The van der Waals surface area contributed by atoms with Gasteiger partial charge < -0.3 is 14.4 Å². The van der Waals surface area contributed by atoms with Crippen LogP contribution in [-0.4, -0.2) is 30.9 Å². The summed E-state index contributed by atoms with van der Waals surface area (Å²) in [6.45, 7) is 1.07. The summed E-state index contributed by atoms with van der Waals surface area (Å²) in [6, 6.07) is 15.4. The van der Waals surface area contributed by atoms with Crippen molar-refractivity contribution in [2.45, 2.75) is 19.5 Å². The molecule has 0 atom stereocenters. The van der Waals surface area contributed by atoms with Gasteiger partial charge in [0.2, 0.25) is 5.91 Å². The van der Waals surface area contributed by atoms with Gasteiger partial charge in [-0.3, -0.25) is 4.79 Å². The van der Waals surface area contributed by atoms with E-state index in [2.05, 4.69) is 0 Å². The highest BCUT2D eigenvalue weighted by Crippen LogP contribution is 2.17. The molecular formula is C19H22ClNO3. The first-order chi connectivity index (χ1) is 11.7. The molecule has 2 rings (SSSR count). The number of nitrogens with zero attached hydrogens (tertiary/aromatic N) is 1. The number of alkyl halides is 1. The predicted octanol–water partition coefficient (Wildman–Crippen LogP) is 3.86. The Kier molecular flexibility index (Phi) is 6.94. The molecule has 0 radical (unpaired) electrons. The second kappa shape index (κ2) is 9.18. The number of benzene rings is 2. The molecule has 24 heavy (non-hydrogen) atoms. The van der Waals surface area contributed by atoms with Gasteiger partial charge in [0.05, 0.1) is 14.2 Å². The summed E-state index contributed by atoms with van der Waals surface area (Å²) in [5.41, 5.74) is 2.10. The molecule has 0 aliphatic heterocycles. The smallest absolute Gasteiger partial charge is 0.224 e. The van der Waals surface area contributed by atoms with Gasteiger partial charge >= 0.3 is 0 Å². The van der Waals surface area contributed by atoms with Crippen LogP contribution in [0.25, 0.3) is 0 Å². The maximum atomic E-state index is 12.4. The fourth-order valence-corrected chi connectivity index (χ4v) is 2.54. The molecule has 0 saturated carbocycles. The lowest BCUT2D eigenvalue weighted by atomic mass is 10.1. The van der Waals surface area contributed by atoms with Gasteiger partial charge in [0.1, 0.15) is 11.5 Å². The molecule has 4 nitrogen and oxygen atoms in total. The van der Waals surface area contributed by atoms with E-state index < -0.39 is 0 Å². The Labute approximate surface area is 147 Å². The van der Waals surface area contributed by atoms with E-state index in [0.717, 1.165) is 22.6 Å². The molecule has 0 N–H and O–H groups in total. The fraction of sp³-hybridized carbons (Fsp3) is 0.316. The van der Waals surface area contributed by atoms with E-state index in [0.29, 0.717) is 25.4 Å². The van der Waals surface area contributed by atoms with E-state index in [4.69, 9.17) is 21.1 Å². The lowest BCUT2D eigenvalue weighted by Gasteiger charge is -2.23. The van der Waals surface area contributed by atoms with Gasteiger partial charge in [-0.1, -0.05) is 24.3 Å². The van der Waals surface area contributed by atoms with Crippen molar-refractivity contribution in [1.29, 1.82) is 0 Å². The normalized spacial score (nSPS) is 10.3. The second-order valence-corrected chi connectivity index (χ2v) is 5.76. The lowest BCUT2D eigenvalue weighted by Crippen LogP contribution is -2.30. The van der Waals surface area contributed by atoms with E-state index in [1.807, 2.05) is 53.4 Å². The molecule has 0 aliphatic rings. The molecule has 0 fully saturated rings. The van der Waals surface area contributed by atoms with Crippen LogP contribution in [0, 0.1) is 0 Å². The zero-order valence-electron chi connectivity index (χ0n) is 14.0. The molecule has 1 amide bonds. The highest BCUT2D eigenvalue weighted by atomic mass is 35.5. The van der Waals surface area contributed by atoms with E-state index in [9.17, 15) is 4.79 Å². The number of carbonyl (C=O) groups excluding carboxylic acids is 1. The van der Waals surface area contributed by atoms with Crippen molar-refractivity contribution in [3.8, 4) is 11.5 Å². The first-order valence-electron chi connectivity index (χ1n) is 7.76. The third-order valence-electron chi connectivity index (χ3n) is 3.73. The Morgan fingerprint density at radius 2 is 1.29 bits per heavy atom. The van der Waals surface area contributed by atoms with Crippen molar-refractivity contribution < 1.29 is 14.3 Å². The van der Waals surface area contributed by atoms with Crippen LogP contribution in [0.2, 0.25) is 0 Å². The third kappa shape index (κ3) is 5.17. The molecule has 128 valence electrons. The van der Waals surface area contributed by atoms with Crippen molar-refractivity contribution in [3.63, 3.8) is 0 Å². The van der Waals surface area contributed by atoms with Crippen LogP contribution in [0.5, 0.6) is 11.5 Å². The Morgan fingerprint density at radius 3 is 1.62 bits per heavy atom. The van der Waals surface area contributed by atoms with Crippen molar-refractivity contribution in [2.75, 3.05) is 20.1 Å². The highest BCUT2D eigenvalue weighted by Gasteiger charge is 2.14. The van der Waals surface area contributed by atoms with Gasteiger partial charge in [0.25, 0.3) is 0 Å². The minimum atomic E-state index is 0.0386. The molecule has 0 heterocycles. The highest BCUT2D eigenvalue weighted by molar-refractivity contribution is 6.18. The van der Waals surface area contributed by atoms with Gasteiger partial charge in [-0.15, -0.1) is 11.6 Å². The van der Waals surface area contributed by atoms with Gasteiger partial charge in [0, 0.05) is 25.4 Å². The molecule has 0 unspecified atom stereocenters. The van der Waals surface area contributed by atoms with Crippen LogP contribution in [-0.2, 0) is 17.9 Å². The fourth-order valence-electron chi connectivity index (χ4n) is 2.37. The standard InChI is InChI=1S/C19H22ClNO3/c1-23-17-7-3-15(4-8-17)13-21(19(22)11-12-20)14-16-5-9-18(24-2)10-6-16/h3-10H,11-14H2,1-2H3. The summed E-state index contributed by atoms with van der Waals surface area (Å²) in [5, 5.41) is 0. The average Bonchev–Trinajstić information content (AvgIpc) is 2.62. The number of halogens is 1. The monoisotopic (exact) mass is 347 g/mol. The summed E-state index contributed by atoms with van der Waals surface area (Å²) >= 11 is 5.75. The number of hydrogen-bond donors (Lipinski definition) is 0. The van der Waals surface area contributed by atoms with E-state index in [-0.39, 0.29) is 5.91 Å². The Bertz CT molecular complexity index is 591. The molecule has 0 aliphatic carbocycles. The van der Waals surface area contributed by atoms with E-state index in [1.54, 1.807) is 14.2 Å². The largest absolute Gasteiger partial charge is 0.497 e. The zero-order valence-corrected chi connectivity index (χ0v) is 14.8. The van der Waals surface area contributed by atoms with Gasteiger partial charge in [-0.25, -0.2) is 0 Å². The van der Waals surface area contributed by atoms with Crippen LogP contribution in [0.4, 0.5) is 0 Å². The minimum Gasteiger partial charge on any atom is -0.497 e. The maximum Gasteiger partial charge on any atom is 0.224 e. The van der Waals surface area contributed by atoms with Crippen LogP contribution < -0.4 is 9.47 Å². The molecule has 0 spiro atoms. The lowest BCUT2D eigenvalue weighted by molar-refractivity contribution is -0.132. The Balaban J connectivity index is 2.11. The van der Waals surface area contributed by atoms with Crippen LogP contribution in [0.1, 0.15) is 17.5 Å². The van der Waals surface area contributed by atoms with Crippen molar-refractivity contribution in [2.24, 2.45) is 0 Å². The first-order valence-corrected chi connectivity index (χ1v) is 8.29. The predicted molar refractivity (Wildman–Crippen MR) is 95.6 cm³/mol. The number of hydrogen-bond acceptors (Lipinski definition) is 3. The molecule has 2 aromatic rings. The number of amides is 1. The number of rotatable bonds is 8. The number of ether oxygens (including phenoxy) is 2. The topological polar surface area (TPSA) is 38.8 Å². The maximum absolute atomic E-state index is 12.4. The first kappa shape index (κ1) is 18.1. The number of carbonyl (C=O) groups is 1. The molecule has 0 aromatic heterocycles. The number of methoxy groups -OCH3 is 2. The molecule has 0 bridgehead atoms. The summed E-state index contributed by atoms with van der Waals surface area (Å²) in [5.74, 6) is 1.96. The quantitative estimate of drug-likeness (QED) is 0.680. The molecule has 5 heteroatoms. The average molecular weight is 348 g/mol. The van der Waals surface area contributed by atoms with Crippen molar-refractivity contribution >= 4 is 17.5 Å². The summed E-state index contributed by atoms with van der Waals surface area (Å²) < 4.78 is 10.3. The second-order valence-electron chi connectivity index (χ2n) is 5.38. The summed E-state index contributed by atoms with van der Waals surface area (Å²) in [4.78, 5) is 14.2. The van der Waals surface area contributed by atoms with E-state index in [1.165, 1.54) is 0 Å². The SMILES string of the molecule is COc1ccc(CN(Cc2ccc(OC)cc2)C(=O)CCCl)cc1. The van der Waals surface area contributed by atoms with Gasteiger partial charge in [0.15, 0.2) is 0 Å². The Hall–Kier alpha value is -2.20. The van der Waals surface area contributed by atoms with Gasteiger partial charge in [-0.2, -0.15) is 0 Å². The third-order valence-corrected chi connectivity index (χ3v) is 3.92. The Morgan fingerprint density at radius 1 is 0.875 bits per heavy atom. The van der Waals surface area contributed by atoms with Crippen molar-refractivity contribution in [1.82, 2.24) is 4.90 Å². The summed E-state index contributed by atoms with van der Waals surface area (Å²) in [7, 11) is 3.27. The van der Waals surface area contributed by atoms with Crippen LogP contribution in [0.3, 0.4) is 0 Å². The molecular weight excluding hydrogens is 326 g/mol. The zero-order chi connectivity index (χ0) is 17.4. The van der Waals surface area contributed by atoms with Gasteiger partial charge in [-0.05, 0) is 35.4 Å². The van der Waals surface area contributed by atoms with Crippen LogP contribution >= 0.6 is 11.6 Å². The molecule has 2 aromatic carbocycles. The van der Waals surface area contributed by atoms with E-state index >= 15 is 0 Å². The van der Waals surface area contributed by atoms with Crippen LogP contribution in [0.15, 0.2) is 48.5 Å². The minimum absolute atomic E-state index is 0.0386. The summed E-state index contributed by atoms with van der Waals surface area (Å²) in [6.07, 6.45) is 0.327. The molecule has 0 saturated heterocycles. The van der Waals surface area contributed by atoms with Crippen molar-refractivity contribution in [3.05, 3.63) is 59.7 Å².